The van der Waals surface area contributed by atoms with Gasteiger partial charge < -0.3 is 10.2 Å². The van der Waals surface area contributed by atoms with E-state index in [2.05, 4.69) is 34.0 Å². The number of halogens is 2. The molecule has 1 N–H and O–H groups in total. The van der Waals surface area contributed by atoms with Crippen LogP contribution in [0, 0.1) is 12.7 Å². The molecule has 0 amide bonds. The van der Waals surface area contributed by atoms with Gasteiger partial charge in [0.1, 0.15) is 11.6 Å². The lowest BCUT2D eigenvalue weighted by atomic mass is 10.0. The number of fused-ring (bicyclic) bond motifs is 1. The Morgan fingerprint density at radius 3 is 2.49 bits per heavy atom. The van der Waals surface area contributed by atoms with Gasteiger partial charge in [-0.25, -0.2) is 18.7 Å². The van der Waals surface area contributed by atoms with E-state index in [-0.39, 0.29) is 34.3 Å². The van der Waals surface area contributed by atoms with E-state index in [4.69, 9.17) is 16.6 Å². The van der Waals surface area contributed by atoms with Crippen LogP contribution in [0.5, 0.6) is 0 Å². The summed E-state index contributed by atoms with van der Waals surface area (Å²) in [5, 5.41) is 4.42. The number of aryl methyl sites for hydroxylation is 1. The SMILES string of the molecule is Cc1ccnc(C(C)C)c1-n1c(=O)nc(N2C[C@@H](C)N[C@@H](C)C2)c2cc(Cl)c(-c3ccccc3F)nc21. The molecule has 1 aromatic carbocycles. The highest BCUT2D eigenvalue weighted by atomic mass is 35.5. The summed E-state index contributed by atoms with van der Waals surface area (Å²) in [5.41, 5.74) is 2.71. The van der Waals surface area contributed by atoms with Gasteiger partial charge in [-0.3, -0.25) is 4.98 Å². The molecule has 0 bridgehead atoms. The molecule has 7 nitrogen and oxygen atoms in total. The minimum Gasteiger partial charge on any atom is -0.353 e. The van der Waals surface area contributed by atoms with Crippen LogP contribution in [0.25, 0.3) is 28.0 Å². The van der Waals surface area contributed by atoms with Gasteiger partial charge in [-0.1, -0.05) is 37.6 Å². The third kappa shape index (κ3) is 4.60. The van der Waals surface area contributed by atoms with Gasteiger partial charge in [-0.2, -0.15) is 4.98 Å². The van der Waals surface area contributed by atoms with Crippen LogP contribution in [-0.4, -0.2) is 44.7 Å². The third-order valence-corrected chi connectivity index (χ3v) is 7.00. The van der Waals surface area contributed by atoms with Crippen molar-refractivity contribution in [2.45, 2.75) is 52.6 Å². The first-order valence-corrected chi connectivity index (χ1v) is 12.9. The summed E-state index contributed by atoms with van der Waals surface area (Å²) in [6, 6.07) is 10.4. The molecule has 0 saturated carbocycles. The Bertz CT molecular complexity index is 1540. The molecule has 2 atom stereocenters. The highest BCUT2D eigenvalue weighted by Crippen LogP contribution is 2.35. The summed E-state index contributed by atoms with van der Waals surface area (Å²) in [5.74, 6) is 0.132. The Morgan fingerprint density at radius 2 is 1.81 bits per heavy atom. The van der Waals surface area contributed by atoms with Crippen LogP contribution in [-0.2, 0) is 0 Å². The number of pyridine rings is 2. The second kappa shape index (κ2) is 9.84. The lowest BCUT2D eigenvalue weighted by molar-refractivity contribution is 0.405. The highest BCUT2D eigenvalue weighted by Gasteiger charge is 2.28. The smallest absolute Gasteiger partial charge is 0.353 e. The summed E-state index contributed by atoms with van der Waals surface area (Å²) in [7, 11) is 0. The van der Waals surface area contributed by atoms with Crippen molar-refractivity contribution in [2.24, 2.45) is 0 Å². The van der Waals surface area contributed by atoms with E-state index in [0.717, 1.165) is 11.3 Å². The van der Waals surface area contributed by atoms with Crippen molar-refractivity contribution in [1.29, 1.82) is 0 Å². The van der Waals surface area contributed by atoms with E-state index in [1.54, 1.807) is 30.5 Å². The molecule has 37 heavy (non-hydrogen) atoms. The molecule has 5 rings (SSSR count). The van der Waals surface area contributed by atoms with Gasteiger partial charge in [0, 0.05) is 36.9 Å². The van der Waals surface area contributed by atoms with Crippen LogP contribution < -0.4 is 15.9 Å². The number of piperazine rings is 1. The Labute approximate surface area is 220 Å². The molecule has 9 heteroatoms. The predicted octanol–water partition coefficient (Wildman–Crippen LogP) is 5.25. The quantitative estimate of drug-likeness (QED) is 0.396. The third-order valence-electron chi connectivity index (χ3n) is 6.71. The van der Waals surface area contributed by atoms with Crippen LogP contribution in [0.1, 0.15) is 44.9 Å². The summed E-state index contributed by atoms with van der Waals surface area (Å²) in [6.45, 7) is 11.5. The van der Waals surface area contributed by atoms with Gasteiger partial charge in [0.25, 0.3) is 0 Å². The van der Waals surface area contributed by atoms with Crippen LogP contribution in [0.4, 0.5) is 10.2 Å². The van der Waals surface area contributed by atoms with E-state index in [9.17, 15) is 9.18 Å². The molecular weight excluding hydrogens is 491 g/mol. The van der Waals surface area contributed by atoms with Crippen LogP contribution in [0.15, 0.2) is 47.4 Å². The largest absolute Gasteiger partial charge is 0.355 e. The Morgan fingerprint density at radius 1 is 1.11 bits per heavy atom. The summed E-state index contributed by atoms with van der Waals surface area (Å²) < 4.78 is 16.3. The average molecular weight is 521 g/mol. The Balaban J connectivity index is 1.88. The first-order chi connectivity index (χ1) is 17.7. The van der Waals surface area contributed by atoms with Crippen molar-refractivity contribution in [3.8, 4) is 16.9 Å². The molecule has 3 aromatic heterocycles. The molecule has 0 unspecified atom stereocenters. The molecule has 0 aliphatic carbocycles. The standard InChI is InChI=1S/C28H30ClFN6O/c1-15(2)23-25(16(3)10-11-31-23)36-27-20(12-21(29)24(33-27)19-8-6-7-9-22(19)30)26(34-28(36)37)35-13-17(4)32-18(5)14-35/h6-12,15,17-18,32H,13-14H2,1-5H3/t17-,18+. The van der Waals surface area contributed by atoms with Crippen molar-refractivity contribution in [3.63, 3.8) is 0 Å². The van der Waals surface area contributed by atoms with Crippen molar-refractivity contribution in [3.05, 3.63) is 75.2 Å². The number of hydrogen-bond acceptors (Lipinski definition) is 6. The summed E-state index contributed by atoms with van der Waals surface area (Å²) in [6.07, 6.45) is 1.74. The molecule has 1 aliphatic heterocycles. The van der Waals surface area contributed by atoms with Gasteiger partial charge >= 0.3 is 5.69 Å². The maximum atomic E-state index is 14.8. The minimum atomic E-state index is -0.464. The molecule has 192 valence electrons. The van der Waals surface area contributed by atoms with Crippen molar-refractivity contribution >= 4 is 28.5 Å². The van der Waals surface area contributed by atoms with Crippen LogP contribution in [0.2, 0.25) is 5.02 Å². The van der Waals surface area contributed by atoms with Gasteiger partial charge in [-0.05, 0) is 56.5 Å². The zero-order valence-electron chi connectivity index (χ0n) is 21.6. The van der Waals surface area contributed by atoms with Crippen molar-refractivity contribution in [1.82, 2.24) is 24.8 Å². The fraction of sp³-hybridized carbons (Fsp3) is 0.357. The zero-order chi connectivity index (χ0) is 26.4. The molecule has 0 spiro atoms. The van der Waals surface area contributed by atoms with Crippen LogP contribution in [0.3, 0.4) is 0 Å². The Kier molecular flexibility index (Phi) is 6.72. The zero-order valence-corrected chi connectivity index (χ0v) is 22.3. The van der Waals surface area contributed by atoms with Crippen molar-refractivity contribution < 1.29 is 4.39 Å². The molecular formula is C28H30ClFN6O. The fourth-order valence-corrected chi connectivity index (χ4v) is 5.43. The first-order valence-electron chi connectivity index (χ1n) is 12.5. The van der Waals surface area contributed by atoms with Crippen molar-refractivity contribution in [2.75, 3.05) is 18.0 Å². The van der Waals surface area contributed by atoms with Gasteiger partial charge in [0.2, 0.25) is 0 Å². The second-order valence-electron chi connectivity index (χ2n) is 10.1. The normalized spacial score (nSPS) is 18.1. The summed E-state index contributed by atoms with van der Waals surface area (Å²) >= 11 is 6.74. The van der Waals surface area contributed by atoms with E-state index in [0.29, 0.717) is 35.6 Å². The lowest BCUT2D eigenvalue weighted by Crippen LogP contribution is -2.55. The lowest BCUT2D eigenvalue weighted by Gasteiger charge is -2.37. The fourth-order valence-electron chi connectivity index (χ4n) is 5.17. The summed E-state index contributed by atoms with van der Waals surface area (Å²) in [4.78, 5) is 29.9. The number of aromatic nitrogens is 4. The highest BCUT2D eigenvalue weighted by molar-refractivity contribution is 6.33. The van der Waals surface area contributed by atoms with E-state index in [1.807, 2.05) is 26.8 Å². The monoisotopic (exact) mass is 520 g/mol. The predicted molar refractivity (Wildman–Crippen MR) is 146 cm³/mol. The maximum Gasteiger partial charge on any atom is 0.355 e. The second-order valence-corrected chi connectivity index (χ2v) is 10.5. The van der Waals surface area contributed by atoms with E-state index < -0.39 is 11.5 Å². The number of benzene rings is 1. The molecule has 0 radical (unpaired) electrons. The number of rotatable bonds is 4. The number of hydrogen-bond donors (Lipinski definition) is 1. The van der Waals surface area contributed by atoms with Gasteiger partial charge in [-0.15, -0.1) is 0 Å². The Hall–Kier alpha value is -3.36. The van der Waals surface area contributed by atoms with E-state index in [1.165, 1.54) is 10.6 Å². The molecule has 1 aliphatic rings. The van der Waals surface area contributed by atoms with Crippen LogP contribution >= 0.6 is 11.6 Å². The molecule has 4 aromatic rings. The number of anilines is 1. The first kappa shape index (κ1) is 25.3. The number of nitrogens with one attached hydrogen (secondary N) is 1. The maximum absolute atomic E-state index is 14.8. The molecule has 1 fully saturated rings. The molecule has 4 heterocycles. The van der Waals surface area contributed by atoms with Gasteiger partial charge in [0.05, 0.1) is 27.5 Å². The van der Waals surface area contributed by atoms with E-state index >= 15 is 0 Å². The average Bonchev–Trinajstić information content (AvgIpc) is 2.84. The molecule has 1 saturated heterocycles. The minimum absolute atomic E-state index is 0.0460. The van der Waals surface area contributed by atoms with Gasteiger partial charge in [0.15, 0.2) is 5.65 Å². The number of nitrogens with zero attached hydrogens (tertiary/aromatic N) is 5. The topological polar surface area (TPSA) is 75.9 Å².